The molecule has 2 heterocycles. The summed E-state index contributed by atoms with van der Waals surface area (Å²) in [5.41, 5.74) is 2.25. The Balaban J connectivity index is 1.90. The first-order valence-corrected chi connectivity index (χ1v) is 9.18. The van der Waals surface area contributed by atoms with Crippen LogP contribution in [0, 0.1) is 6.92 Å². The van der Waals surface area contributed by atoms with Crippen molar-refractivity contribution in [3.63, 3.8) is 0 Å². The average Bonchev–Trinajstić information content (AvgIpc) is 2.78. The van der Waals surface area contributed by atoms with Crippen molar-refractivity contribution in [3.8, 4) is 0 Å². The number of aromatic nitrogens is 2. The number of nitrogens with zero attached hydrogens (tertiary/aromatic N) is 3. The highest BCUT2D eigenvalue weighted by atomic mass is 32.2. The van der Waals surface area contributed by atoms with Gasteiger partial charge >= 0.3 is 0 Å². The highest BCUT2D eigenvalue weighted by molar-refractivity contribution is 7.89. The predicted octanol–water partition coefficient (Wildman–Crippen LogP) is 1.19. The number of sulfonamides is 1. The molecule has 0 saturated carbocycles. The Morgan fingerprint density at radius 1 is 1.43 bits per heavy atom. The summed E-state index contributed by atoms with van der Waals surface area (Å²) in [5.74, 6) is 0.191. The van der Waals surface area contributed by atoms with Gasteiger partial charge in [0.25, 0.3) is 0 Å². The van der Waals surface area contributed by atoms with E-state index in [0.717, 1.165) is 18.5 Å². The first-order valence-electron chi connectivity index (χ1n) is 7.57. The lowest BCUT2D eigenvalue weighted by molar-refractivity contribution is 0.277. The van der Waals surface area contributed by atoms with Crippen LogP contribution in [0.5, 0.6) is 0 Å². The van der Waals surface area contributed by atoms with Crippen molar-refractivity contribution in [2.75, 3.05) is 18.8 Å². The van der Waals surface area contributed by atoms with E-state index in [4.69, 9.17) is 0 Å². The van der Waals surface area contributed by atoms with E-state index in [2.05, 4.69) is 17.3 Å². The standard InChI is InChI=1S/C14H26N4O2S/c1-5-21(19,20)18-8-6-13(7-9-18)15-11(2)14-10-17(4)16-12(14)3/h10-11,13,15H,5-9H2,1-4H3. The SMILES string of the molecule is CCS(=O)(=O)N1CCC(NC(C)c2cn(C)nc2C)CC1. The van der Waals surface area contributed by atoms with Gasteiger partial charge in [-0.2, -0.15) is 5.10 Å². The molecule has 6 nitrogen and oxygen atoms in total. The number of piperidine rings is 1. The summed E-state index contributed by atoms with van der Waals surface area (Å²) in [6, 6.07) is 0.598. The largest absolute Gasteiger partial charge is 0.307 e. The van der Waals surface area contributed by atoms with Crippen LogP contribution in [0.2, 0.25) is 0 Å². The number of aryl methyl sites for hydroxylation is 2. The third kappa shape index (κ3) is 3.84. The van der Waals surface area contributed by atoms with E-state index >= 15 is 0 Å². The lowest BCUT2D eigenvalue weighted by Gasteiger charge is -2.33. The fourth-order valence-corrected chi connectivity index (χ4v) is 4.10. The van der Waals surface area contributed by atoms with E-state index in [1.165, 1.54) is 5.56 Å². The lowest BCUT2D eigenvalue weighted by Crippen LogP contribution is -2.45. The van der Waals surface area contributed by atoms with E-state index in [1.54, 1.807) is 11.2 Å². The highest BCUT2D eigenvalue weighted by Crippen LogP contribution is 2.20. The van der Waals surface area contributed by atoms with Gasteiger partial charge in [0.2, 0.25) is 10.0 Å². The molecule has 1 aromatic rings. The maximum atomic E-state index is 11.8. The molecule has 0 spiro atoms. The van der Waals surface area contributed by atoms with Gasteiger partial charge in [-0.3, -0.25) is 4.68 Å². The molecular weight excluding hydrogens is 288 g/mol. The van der Waals surface area contributed by atoms with Crippen molar-refractivity contribution in [2.24, 2.45) is 7.05 Å². The van der Waals surface area contributed by atoms with Crippen LogP contribution < -0.4 is 5.32 Å². The zero-order chi connectivity index (χ0) is 15.6. The van der Waals surface area contributed by atoms with Crippen molar-refractivity contribution in [3.05, 3.63) is 17.5 Å². The van der Waals surface area contributed by atoms with Gasteiger partial charge in [-0.1, -0.05) is 0 Å². The molecule has 21 heavy (non-hydrogen) atoms. The molecule has 7 heteroatoms. The topological polar surface area (TPSA) is 67.2 Å². The molecule has 0 aliphatic carbocycles. The van der Waals surface area contributed by atoms with E-state index in [-0.39, 0.29) is 11.8 Å². The molecule has 1 aromatic heterocycles. The third-order valence-corrected chi connectivity index (χ3v) is 6.10. The van der Waals surface area contributed by atoms with Crippen molar-refractivity contribution in [1.29, 1.82) is 0 Å². The monoisotopic (exact) mass is 314 g/mol. The maximum absolute atomic E-state index is 11.8. The molecule has 1 N–H and O–H groups in total. The summed E-state index contributed by atoms with van der Waals surface area (Å²) in [5, 5.41) is 7.97. The summed E-state index contributed by atoms with van der Waals surface area (Å²) < 4.78 is 27.1. The Morgan fingerprint density at radius 2 is 2.05 bits per heavy atom. The predicted molar refractivity (Wildman–Crippen MR) is 83.6 cm³/mol. The van der Waals surface area contributed by atoms with E-state index in [1.807, 2.05) is 24.9 Å². The second-order valence-electron chi connectivity index (χ2n) is 5.81. The summed E-state index contributed by atoms with van der Waals surface area (Å²) in [7, 11) is -1.11. The van der Waals surface area contributed by atoms with Crippen molar-refractivity contribution in [1.82, 2.24) is 19.4 Å². The molecule has 1 unspecified atom stereocenters. The van der Waals surface area contributed by atoms with Crippen molar-refractivity contribution in [2.45, 2.75) is 45.7 Å². The first-order chi connectivity index (χ1) is 9.83. The van der Waals surface area contributed by atoms with Crippen LogP contribution in [-0.4, -0.2) is 47.4 Å². The van der Waals surface area contributed by atoms with Gasteiger partial charge in [-0.15, -0.1) is 0 Å². The first kappa shape index (κ1) is 16.5. The Labute approximate surface area is 127 Å². The minimum Gasteiger partial charge on any atom is -0.307 e. The van der Waals surface area contributed by atoms with Crippen LogP contribution in [0.3, 0.4) is 0 Å². The molecule has 0 radical (unpaired) electrons. The molecule has 120 valence electrons. The minimum absolute atomic E-state index is 0.191. The molecule has 0 amide bonds. The van der Waals surface area contributed by atoms with Crippen LogP contribution in [0.15, 0.2) is 6.20 Å². The third-order valence-electron chi connectivity index (χ3n) is 4.22. The van der Waals surface area contributed by atoms with Crippen molar-refractivity contribution >= 4 is 10.0 Å². The van der Waals surface area contributed by atoms with Crippen LogP contribution in [0.25, 0.3) is 0 Å². The summed E-state index contributed by atoms with van der Waals surface area (Å²) >= 11 is 0. The van der Waals surface area contributed by atoms with Gasteiger partial charge in [0.15, 0.2) is 0 Å². The smallest absolute Gasteiger partial charge is 0.213 e. The summed E-state index contributed by atoms with van der Waals surface area (Å²) in [4.78, 5) is 0. The molecule has 0 bridgehead atoms. The Hall–Kier alpha value is -0.920. The zero-order valence-corrected chi connectivity index (χ0v) is 14.2. The van der Waals surface area contributed by atoms with Crippen LogP contribution in [-0.2, 0) is 17.1 Å². The molecule has 1 aliphatic heterocycles. The second kappa shape index (κ2) is 6.46. The van der Waals surface area contributed by atoms with E-state index in [9.17, 15) is 8.42 Å². The lowest BCUT2D eigenvalue weighted by atomic mass is 10.0. The van der Waals surface area contributed by atoms with Gasteiger partial charge in [0, 0.05) is 44.0 Å². The molecule has 0 aromatic carbocycles. The number of nitrogens with one attached hydrogen (secondary N) is 1. The second-order valence-corrected chi connectivity index (χ2v) is 8.06. The van der Waals surface area contributed by atoms with Gasteiger partial charge in [0.1, 0.15) is 0 Å². The fraction of sp³-hybridized carbons (Fsp3) is 0.786. The minimum atomic E-state index is -3.04. The van der Waals surface area contributed by atoms with Crippen molar-refractivity contribution < 1.29 is 8.42 Å². The fourth-order valence-electron chi connectivity index (χ4n) is 2.97. The van der Waals surface area contributed by atoms with Crippen LogP contribution in [0.4, 0.5) is 0 Å². The maximum Gasteiger partial charge on any atom is 0.213 e. The van der Waals surface area contributed by atoms with Gasteiger partial charge < -0.3 is 5.32 Å². The normalized spacial score (nSPS) is 19.8. The summed E-state index contributed by atoms with van der Waals surface area (Å²) in [6.07, 6.45) is 3.77. The van der Waals surface area contributed by atoms with Crippen LogP contribution in [0.1, 0.15) is 44.0 Å². The average molecular weight is 314 g/mol. The van der Waals surface area contributed by atoms with Gasteiger partial charge in [-0.25, -0.2) is 12.7 Å². The molecule has 1 saturated heterocycles. The van der Waals surface area contributed by atoms with Gasteiger partial charge in [-0.05, 0) is 33.6 Å². The Kier molecular flexibility index (Phi) is 5.06. The Bertz CT molecular complexity index is 574. The summed E-state index contributed by atoms with van der Waals surface area (Å²) in [6.45, 7) is 7.09. The Morgan fingerprint density at radius 3 is 2.52 bits per heavy atom. The quantitative estimate of drug-likeness (QED) is 0.886. The van der Waals surface area contributed by atoms with E-state index in [0.29, 0.717) is 19.1 Å². The van der Waals surface area contributed by atoms with Gasteiger partial charge in [0.05, 0.1) is 11.4 Å². The van der Waals surface area contributed by atoms with Crippen LogP contribution >= 0.6 is 0 Å². The highest BCUT2D eigenvalue weighted by Gasteiger charge is 2.27. The van der Waals surface area contributed by atoms with E-state index < -0.39 is 10.0 Å². The zero-order valence-electron chi connectivity index (χ0n) is 13.3. The molecule has 1 atom stereocenters. The number of hydrogen-bond donors (Lipinski definition) is 1. The molecule has 2 rings (SSSR count). The molecule has 1 aliphatic rings. The molecular formula is C14H26N4O2S. The molecule has 1 fully saturated rings. The number of rotatable bonds is 5. The number of hydrogen-bond acceptors (Lipinski definition) is 4.